The van der Waals surface area contributed by atoms with Gasteiger partial charge in [0.05, 0.1) is 7.11 Å². The van der Waals surface area contributed by atoms with Crippen LogP contribution >= 0.6 is 0 Å². The van der Waals surface area contributed by atoms with E-state index in [0.29, 0.717) is 11.4 Å². The number of hydrogen-bond acceptors (Lipinski definition) is 4. The lowest BCUT2D eigenvalue weighted by molar-refractivity contribution is -0.119. The Kier molecular flexibility index (Phi) is 5.36. The van der Waals surface area contributed by atoms with Crippen molar-refractivity contribution in [3.63, 3.8) is 0 Å². The Morgan fingerprint density at radius 2 is 1.83 bits per heavy atom. The molecule has 0 aliphatic carbocycles. The van der Waals surface area contributed by atoms with Gasteiger partial charge in [0.25, 0.3) is 5.91 Å². The van der Waals surface area contributed by atoms with Crippen molar-refractivity contribution in [1.82, 2.24) is 0 Å². The maximum absolute atomic E-state index is 12.0. The third kappa shape index (κ3) is 4.32. The average molecular weight is 313 g/mol. The summed E-state index contributed by atoms with van der Waals surface area (Å²) in [6, 6.07) is 12.4. The second-order valence-electron chi connectivity index (χ2n) is 5.14. The summed E-state index contributed by atoms with van der Waals surface area (Å²) < 4.78 is 10.1. The number of carbonyl (C=O) groups is 2. The quantitative estimate of drug-likeness (QED) is 0.861. The van der Waals surface area contributed by atoms with Crippen LogP contribution in [0.2, 0.25) is 0 Å². The van der Waals surface area contributed by atoms with E-state index in [1.165, 1.54) is 7.11 Å². The average Bonchev–Trinajstić information content (AvgIpc) is 2.55. The zero-order valence-corrected chi connectivity index (χ0v) is 13.4. The van der Waals surface area contributed by atoms with Crippen molar-refractivity contribution in [2.45, 2.75) is 13.8 Å². The Bertz CT molecular complexity index is 725. The van der Waals surface area contributed by atoms with E-state index in [4.69, 9.17) is 9.47 Å². The van der Waals surface area contributed by atoms with Crippen molar-refractivity contribution in [3.8, 4) is 5.75 Å². The first-order valence-electron chi connectivity index (χ1n) is 7.18. The molecule has 0 fully saturated rings. The standard InChI is InChI=1S/C18H19NO4/c1-12-8-9-15(13(2)10-12)19-17(20)11-23-18(21)14-6-4-5-7-16(14)22-3/h4-10H,11H2,1-3H3,(H,19,20). The Hall–Kier alpha value is -2.82. The number of aryl methyl sites for hydroxylation is 2. The lowest BCUT2D eigenvalue weighted by Gasteiger charge is -2.10. The van der Waals surface area contributed by atoms with Gasteiger partial charge in [-0.05, 0) is 37.6 Å². The molecule has 0 heterocycles. The molecule has 0 bridgehead atoms. The molecule has 0 atom stereocenters. The largest absolute Gasteiger partial charge is 0.496 e. The number of hydrogen-bond donors (Lipinski definition) is 1. The zero-order chi connectivity index (χ0) is 16.8. The van der Waals surface area contributed by atoms with Gasteiger partial charge < -0.3 is 14.8 Å². The number of esters is 1. The van der Waals surface area contributed by atoms with Crippen LogP contribution in [0.5, 0.6) is 5.75 Å². The molecule has 0 saturated heterocycles. The SMILES string of the molecule is COc1ccccc1C(=O)OCC(=O)Nc1ccc(C)cc1C. The van der Waals surface area contributed by atoms with Gasteiger partial charge in [-0.1, -0.05) is 29.8 Å². The Labute approximate surface area is 135 Å². The fourth-order valence-electron chi connectivity index (χ4n) is 2.16. The van der Waals surface area contributed by atoms with Crippen molar-refractivity contribution in [3.05, 3.63) is 59.2 Å². The highest BCUT2D eigenvalue weighted by Gasteiger charge is 2.15. The number of ether oxygens (including phenoxy) is 2. The van der Waals surface area contributed by atoms with Crippen LogP contribution in [0.4, 0.5) is 5.69 Å². The molecule has 0 aromatic heterocycles. The van der Waals surface area contributed by atoms with Crippen LogP contribution in [0.3, 0.4) is 0 Å². The van der Waals surface area contributed by atoms with Crippen LogP contribution in [0, 0.1) is 13.8 Å². The molecule has 2 aromatic rings. The first-order chi connectivity index (χ1) is 11.0. The van der Waals surface area contributed by atoms with Crippen molar-refractivity contribution < 1.29 is 19.1 Å². The van der Waals surface area contributed by atoms with Crippen molar-refractivity contribution in [2.24, 2.45) is 0 Å². The van der Waals surface area contributed by atoms with E-state index < -0.39 is 5.97 Å². The first-order valence-corrected chi connectivity index (χ1v) is 7.18. The fourth-order valence-corrected chi connectivity index (χ4v) is 2.16. The summed E-state index contributed by atoms with van der Waals surface area (Å²) in [7, 11) is 1.47. The molecule has 0 aliphatic heterocycles. The summed E-state index contributed by atoms with van der Waals surface area (Å²) in [5, 5.41) is 2.73. The number of rotatable bonds is 5. The predicted molar refractivity (Wildman–Crippen MR) is 87.8 cm³/mol. The van der Waals surface area contributed by atoms with E-state index in [9.17, 15) is 9.59 Å². The molecule has 5 nitrogen and oxygen atoms in total. The molecular weight excluding hydrogens is 294 g/mol. The van der Waals surface area contributed by atoms with Crippen molar-refractivity contribution in [2.75, 3.05) is 19.0 Å². The molecule has 5 heteroatoms. The minimum atomic E-state index is -0.599. The summed E-state index contributed by atoms with van der Waals surface area (Å²) in [6.45, 7) is 3.53. The fraction of sp³-hybridized carbons (Fsp3) is 0.222. The monoisotopic (exact) mass is 313 g/mol. The highest BCUT2D eigenvalue weighted by atomic mass is 16.5. The van der Waals surface area contributed by atoms with Gasteiger partial charge in [0.15, 0.2) is 6.61 Å². The van der Waals surface area contributed by atoms with Gasteiger partial charge in [-0.15, -0.1) is 0 Å². The summed E-state index contributed by atoms with van der Waals surface area (Å²) in [6.07, 6.45) is 0. The lowest BCUT2D eigenvalue weighted by Crippen LogP contribution is -2.21. The summed E-state index contributed by atoms with van der Waals surface area (Å²) in [4.78, 5) is 23.9. The van der Waals surface area contributed by atoms with E-state index in [1.54, 1.807) is 24.3 Å². The van der Waals surface area contributed by atoms with Crippen LogP contribution in [0.25, 0.3) is 0 Å². The summed E-state index contributed by atoms with van der Waals surface area (Å²) >= 11 is 0. The third-order valence-corrected chi connectivity index (χ3v) is 3.32. The first kappa shape index (κ1) is 16.5. The molecular formula is C18H19NO4. The molecule has 2 aromatic carbocycles. The molecule has 1 N–H and O–H groups in total. The summed E-state index contributed by atoms with van der Waals surface area (Å²) in [5.41, 5.74) is 3.06. The lowest BCUT2D eigenvalue weighted by atomic mass is 10.1. The van der Waals surface area contributed by atoms with Gasteiger partial charge >= 0.3 is 5.97 Å². The number of nitrogens with one attached hydrogen (secondary N) is 1. The molecule has 1 amide bonds. The Morgan fingerprint density at radius 1 is 1.09 bits per heavy atom. The molecule has 23 heavy (non-hydrogen) atoms. The highest BCUT2D eigenvalue weighted by molar-refractivity contribution is 5.97. The highest BCUT2D eigenvalue weighted by Crippen LogP contribution is 2.18. The van der Waals surface area contributed by atoms with Crippen LogP contribution in [0.15, 0.2) is 42.5 Å². The van der Waals surface area contributed by atoms with Crippen LogP contribution in [-0.2, 0) is 9.53 Å². The van der Waals surface area contributed by atoms with Gasteiger partial charge in [0, 0.05) is 5.69 Å². The normalized spacial score (nSPS) is 10.0. The van der Waals surface area contributed by atoms with Gasteiger partial charge in [0.2, 0.25) is 0 Å². The number of benzene rings is 2. The Balaban J connectivity index is 1.95. The smallest absolute Gasteiger partial charge is 0.342 e. The molecule has 0 radical (unpaired) electrons. The van der Waals surface area contributed by atoms with E-state index in [0.717, 1.165) is 11.1 Å². The maximum Gasteiger partial charge on any atom is 0.342 e. The third-order valence-electron chi connectivity index (χ3n) is 3.32. The minimum absolute atomic E-state index is 0.286. The van der Waals surface area contributed by atoms with E-state index in [2.05, 4.69) is 5.32 Å². The van der Waals surface area contributed by atoms with E-state index in [-0.39, 0.29) is 18.1 Å². The number of para-hydroxylation sites is 1. The van der Waals surface area contributed by atoms with Gasteiger partial charge in [-0.25, -0.2) is 4.79 Å². The number of amides is 1. The predicted octanol–water partition coefficient (Wildman–Crippen LogP) is 3.11. The minimum Gasteiger partial charge on any atom is -0.496 e. The van der Waals surface area contributed by atoms with Gasteiger partial charge in [-0.3, -0.25) is 4.79 Å². The molecule has 0 saturated carbocycles. The van der Waals surface area contributed by atoms with Crippen LogP contribution < -0.4 is 10.1 Å². The van der Waals surface area contributed by atoms with Crippen LogP contribution in [-0.4, -0.2) is 25.6 Å². The number of methoxy groups -OCH3 is 1. The second kappa shape index (κ2) is 7.45. The summed E-state index contributed by atoms with van der Waals surface area (Å²) in [5.74, 6) is -0.578. The van der Waals surface area contributed by atoms with E-state index in [1.807, 2.05) is 32.0 Å². The van der Waals surface area contributed by atoms with Crippen LogP contribution in [0.1, 0.15) is 21.5 Å². The zero-order valence-electron chi connectivity index (χ0n) is 13.4. The molecule has 0 aliphatic rings. The molecule has 120 valence electrons. The maximum atomic E-state index is 12.0. The van der Waals surface area contributed by atoms with Gasteiger partial charge in [-0.2, -0.15) is 0 Å². The van der Waals surface area contributed by atoms with E-state index >= 15 is 0 Å². The Morgan fingerprint density at radius 3 is 2.52 bits per heavy atom. The second-order valence-corrected chi connectivity index (χ2v) is 5.14. The molecule has 0 spiro atoms. The van der Waals surface area contributed by atoms with Crippen molar-refractivity contribution in [1.29, 1.82) is 0 Å². The van der Waals surface area contributed by atoms with Crippen molar-refractivity contribution >= 4 is 17.6 Å². The topological polar surface area (TPSA) is 64.6 Å². The molecule has 0 unspecified atom stereocenters. The number of carbonyl (C=O) groups excluding carboxylic acids is 2. The van der Waals surface area contributed by atoms with Gasteiger partial charge in [0.1, 0.15) is 11.3 Å². The molecule has 2 rings (SSSR count). The number of anilines is 1.